The SMILES string of the molecule is CCOC(=O)C1(C(=O)OCC)Cc2cccc(Br)c2CN1C(C)=O. The Hall–Kier alpha value is -1.89. The molecule has 1 aromatic carbocycles. The molecule has 0 aliphatic carbocycles. The van der Waals surface area contributed by atoms with Crippen molar-refractivity contribution in [3.05, 3.63) is 33.8 Å². The molecule has 1 amide bonds. The zero-order chi connectivity index (χ0) is 17.9. The van der Waals surface area contributed by atoms with Gasteiger partial charge in [-0.2, -0.15) is 0 Å². The number of benzene rings is 1. The Morgan fingerprint density at radius 2 is 1.75 bits per heavy atom. The van der Waals surface area contributed by atoms with Crippen LogP contribution in [-0.4, -0.2) is 41.5 Å². The Kier molecular flexibility index (Phi) is 5.64. The summed E-state index contributed by atoms with van der Waals surface area (Å²) in [5.41, 5.74) is -0.106. The van der Waals surface area contributed by atoms with Crippen molar-refractivity contribution in [1.29, 1.82) is 0 Å². The van der Waals surface area contributed by atoms with Gasteiger partial charge < -0.3 is 14.4 Å². The molecule has 1 aliphatic rings. The normalized spacial score (nSPS) is 15.4. The van der Waals surface area contributed by atoms with Gasteiger partial charge in [0.1, 0.15) is 0 Å². The molecule has 0 unspecified atom stereocenters. The van der Waals surface area contributed by atoms with Gasteiger partial charge in [-0.15, -0.1) is 0 Å². The van der Waals surface area contributed by atoms with E-state index in [9.17, 15) is 14.4 Å². The smallest absolute Gasteiger partial charge is 0.344 e. The number of esters is 2. The van der Waals surface area contributed by atoms with Crippen molar-refractivity contribution in [1.82, 2.24) is 4.90 Å². The second-order valence-corrected chi connectivity index (χ2v) is 6.32. The highest BCUT2D eigenvalue weighted by Crippen LogP contribution is 2.36. The summed E-state index contributed by atoms with van der Waals surface area (Å²) in [5, 5.41) is 0. The molecule has 1 aromatic rings. The fourth-order valence-electron chi connectivity index (χ4n) is 2.94. The minimum atomic E-state index is -1.79. The lowest BCUT2D eigenvalue weighted by atomic mass is 9.82. The highest BCUT2D eigenvalue weighted by molar-refractivity contribution is 9.10. The Balaban J connectivity index is 2.63. The largest absolute Gasteiger partial charge is 0.464 e. The lowest BCUT2D eigenvalue weighted by Crippen LogP contribution is -2.65. The van der Waals surface area contributed by atoms with Gasteiger partial charge in [0.05, 0.1) is 13.2 Å². The van der Waals surface area contributed by atoms with Crippen LogP contribution in [0.2, 0.25) is 0 Å². The highest BCUT2D eigenvalue weighted by atomic mass is 79.9. The summed E-state index contributed by atoms with van der Waals surface area (Å²) < 4.78 is 11.1. The van der Waals surface area contributed by atoms with Gasteiger partial charge in [0.15, 0.2) is 0 Å². The van der Waals surface area contributed by atoms with Crippen LogP contribution in [0, 0.1) is 0 Å². The number of nitrogens with zero attached hydrogens (tertiary/aromatic N) is 1. The molecule has 0 saturated carbocycles. The third-order valence-corrected chi connectivity index (χ3v) is 4.79. The fraction of sp³-hybridized carbons (Fsp3) is 0.471. The van der Waals surface area contributed by atoms with Crippen LogP contribution >= 0.6 is 15.9 Å². The predicted molar refractivity (Wildman–Crippen MR) is 90.1 cm³/mol. The number of carbonyl (C=O) groups excluding carboxylic acids is 3. The molecule has 130 valence electrons. The van der Waals surface area contributed by atoms with Crippen molar-refractivity contribution in [3.63, 3.8) is 0 Å². The third-order valence-electron chi connectivity index (χ3n) is 4.05. The lowest BCUT2D eigenvalue weighted by molar-refractivity contribution is -0.180. The summed E-state index contributed by atoms with van der Waals surface area (Å²) >= 11 is 3.46. The topological polar surface area (TPSA) is 72.9 Å². The van der Waals surface area contributed by atoms with E-state index in [-0.39, 0.29) is 26.2 Å². The van der Waals surface area contributed by atoms with Gasteiger partial charge in [0.25, 0.3) is 0 Å². The summed E-state index contributed by atoms with van der Waals surface area (Å²) in [6.45, 7) is 4.98. The minimum Gasteiger partial charge on any atom is -0.464 e. The van der Waals surface area contributed by atoms with E-state index in [0.717, 1.165) is 15.6 Å². The Morgan fingerprint density at radius 3 is 2.25 bits per heavy atom. The molecular formula is C17H20BrNO5. The van der Waals surface area contributed by atoms with Crippen molar-refractivity contribution in [2.45, 2.75) is 39.3 Å². The number of hydrogen-bond donors (Lipinski definition) is 0. The van der Waals surface area contributed by atoms with Crippen LogP contribution in [0.1, 0.15) is 31.9 Å². The first-order valence-electron chi connectivity index (χ1n) is 7.77. The van der Waals surface area contributed by atoms with Gasteiger partial charge in [-0.25, -0.2) is 9.59 Å². The maximum atomic E-state index is 12.7. The van der Waals surface area contributed by atoms with Gasteiger partial charge in [0.2, 0.25) is 11.4 Å². The predicted octanol–water partition coefficient (Wildman–Crippen LogP) is 2.22. The number of amides is 1. The first-order valence-corrected chi connectivity index (χ1v) is 8.56. The number of hydrogen-bond acceptors (Lipinski definition) is 5. The molecule has 6 nitrogen and oxygen atoms in total. The quantitative estimate of drug-likeness (QED) is 0.575. The zero-order valence-electron chi connectivity index (χ0n) is 13.9. The first-order chi connectivity index (χ1) is 11.4. The maximum absolute atomic E-state index is 12.7. The van der Waals surface area contributed by atoms with E-state index in [4.69, 9.17) is 9.47 Å². The molecule has 0 radical (unpaired) electrons. The van der Waals surface area contributed by atoms with E-state index >= 15 is 0 Å². The van der Waals surface area contributed by atoms with Crippen LogP contribution in [0.3, 0.4) is 0 Å². The summed E-state index contributed by atoms with van der Waals surface area (Å²) in [6, 6.07) is 5.52. The number of rotatable bonds is 4. The number of carbonyl (C=O) groups is 3. The molecule has 0 spiro atoms. The average Bonchev–Trinajstić information content (AvgIpc) is 2.54. The minimum absolute atomic E-state index is 0.0268. The van der Waals surface area contributed by atoms with Crippen molar-refractivity contribution >= 4 is 33.8 Å². The van der Waals surface area contributed by atoms with Crippen LogP contribution in [0.25, 0.3) is 0 Å². The van der Waals surface area contributed by atoms with Crippen molar-refractivity contribution in [3.8, 4) is 0 Å². The van der Waals surface area contributed by atoms with E-state index in [1.807, 2.05) is 18.2 Å². The molecule has 24 heavy (non-hydrogen) atoms. The summed E-state index contributed by atoms with van der Waals surface area (Å²) in [6.07, 6.45) is 0.0268. The van der Waals surface area contributed by atoms with Crippen LogP contribution in [0.4, 0.5) is 0 Å². The molecule has 0 atom stereocenters. The van der Waals surface area contributed by atoms with Crippen LogP contribution in [0.5, 0.6) is 0 Å². The van der Waals surface area contributed by atoms with Crippen LogP contribution < -0.4 is 0 Å². The van der Waals surface area contributed by atoms with Gasteiger partial charge in [-0.3, -0.25) is 4.79 Å². The lowest BCUT2D eigenvalue weighted by Gasteiger charge is -2.43. The van der Waals surface area contributed by atoms with Crippen LogP contribution in [-0.2, 0) is 36.8 Å². The maximum Gasteiger partial charge on any atom is 0.344 e. The summed E-state index contributed by atoms with van der Waals surface area (Å²) in [4.78, 5) is 38.9. The number of halogens is 1. The van der Waals surface area contributed by atoms with E-state index in [2.05, 4.69) is 15.9 Å². The van der Waals surface area contributed by atoms with E-state index < -0.39 is 23.4 Å². The molecular weight excluding hydrogens is 378 g/mol. The van der Waals surface area contributed by atoms with Gasteiger partial charge in [-0.1, -0.05) is 28.1 Å². The zero-order valence-corrected chi connectivity index (χ0v) is 15.5. The van der Waals surface area contributed by atoms with Crippen LogP contribution in [0.15, 0.2) is 22.7 Å². The van der Waals surface area contributed by atoms with Gasteiger partial charge in [0, 0.05) is 24.4 Å². The Bertz CT molecular complexity index is 655. The Morgan fingerprint density at radius 1 is 1.17 bits per heavy atom. The molecule has 1 heterocycles. The van der Waals surface area contributed by atoms with Gasteiger partial charge >= 0.3 is 11.9 Å². The fourth-order valence-corrected chi connectivity index (χ4v) is 3.47. The Labute approximate surface area is 149 Å². The molecule has 0 aromatic heterocycles. The van der Waals surface area contributed by atoms with E-state index in [0.29, 0.717) is 0 Å². The molecule has 2 rings (SSSR count). The third kappa shape index (κ3) is 3.05. The number of ether oxygens (including phenoxy) is 2. The second kappa shape index (κ2) is 7.34. The standard InChI is InChI=1S/C17H20BrNO5/c1-4-23-15(21)17(16(22)24-5-2)9-12-7-6-8-14(18)13(12)10-19(17)11(3)20/h6-8H,4-5,9-10H2,1-3H3. The summed E-state index contributed by atoms with van der Waals surface area (Å²) in [7, 11) is 0. The molecule has 7 heteroatoms. The summed E-state index contributed by atoms with van der Waals surface area (Å²) in [5.74, 6) is -1.91. The van der Waals surface area contributed by atoms with Gasteiger partial charge in [-0.05, 0) is 31.0 Å². The van der Waals surface area contributed by atoms with Crippen molar-refractivity contribution in [2.75, 3.05) is 13.2 Å². The van der Waals surface area contributed by atoms with Crippen molar-refractivity contribution in [2.24, 2.45) is 0 Å². The first kappa shape index (κ1) is 18.4. The molecule has 1 aliphatic heterocycles. The van der Waals surface area contributed by atoms with Crippen molar-refractivity contribution < 1.29 is 23.9 Å². The molecule has 0 bridgehead atoms. The average molecular weight is 398 g/mol. The molecule has 0 saturated heterocycles. The van der Waals surface area contributed by atoms with E-state index in [1.54, 1.807) is 13.8 Å². The number of fused-ring (bicyclic) bond motifs is 1. The molecule has 0 N–H and O–H groups in total. The highest BCUT2D eigenvalue weighted by Gasteiger charge is 2.57. The molecule has 0 fully saturated rings. The monoisotopic (exact) mass is 397 g/mol. The van der Waals surface area contributed by atoms with E-state index in [1.165, 1.54) is 11.8 Å². The second-order valence-electron chi connectivity index (χ2n) is 5.46.